The summed E-state index contributed by atoms with van der Waals surface area (Å²) in [5.74, 6) is 0.570. The first-order chi connectivity index (χ1) is 17.9. The third-order valence-corrected chi connectivity index (χ3v) is 6.33. The first kappa shape index (κ1) is 28.9. The van der Waals surface area contributed by atoms with E-state index >= 15 is 0 Å². The van der Waals surface area contributed by atoms with Crippen LogP contribution in [0.15, 0.2) is 59.4 Å². The second kappa shape index (κ2) is 12.3. The SMILES string of the molecule is CCc1cc(C)cnc1COC(/C=C(/C)N(C)c1cc(-c2ccnc(C(C)(C)O)n2)ncc1C)=C(\Cl)C=O. The Morgan fingerprint density at radius 2 is 1.89 bits per heavy atom. The summed E-state index contributed by atoms with van der Waals surface area (Å²) in [6, 6.07) is 5.75. The summed E-state index contributed by atoms with van der Waals surface area (Å²) in [6.07, 6.45) is 8.28. The molecule has 0 aromatic carbocycles. The lowest BCUT2D eigenvalue weighted by atomic mass is 10.1. The lowest BCUT2D eigenvalue weighted by molar-refractivity contribution is -0.104. The average Bonchev–Trinajstić information content (AvgIpc) is 2.90. The lowest BCUT2D eigenvalue weighted by Gasteiger charge is -2.23. The van der Waals surface area contributed by atoms with Gasteiger partial charge in [0.05, 0.1) is 17.1 Å². The minimum Gasteiger partial charge on any atom is -0.486 e. The number of hydrogen-bond acceptors (Lipinski definition) is 8. The number of rotatable bonds is 10. The number of carbonyl (C=O) groups excluding carboxylic acids is 1. The molecule has 200 valence electrons. The first-order valence-corrected chi connectivity index (χ1v) is 12.7. The highest BCUT2D eigenvalue weighted by Gasteiger charge is 2.21. The fourth-order valence-corrected chi connectivity index (χ4v) is 3.87. The smallest absolute Gasteiger partial charge is 0.165 e. The number of hydrogen-bond donors (Lipinski definition) is 1. The van der Waals surface area contributed by atoms with Gasteiger partial charge in [-0.1, -0.05) is 24.6 Å². The van der Waals surface area contributed by atoms with Gasteiger partial charge in [-0.3, -0.25) is 14.8 Å². The monoisotopic (exact) mass is 535 g/mol. The van der Waals surface area contributed by atoms with Crippen LogP contribution in [0.1, 0.15) is 55.9 Å². The third kappa shape index (κ3) is 7.02. The fourth-order valence-electron chi connectivity index (χ4n) is 3.77. The Balaban J connectivity index is 1.91. The number of aromatic nitrogens is 4. The summed E-state index contributed by atoms with van der Waals surface area (Å²) >= 11 is 6.24. The van der Waals surface area contributed by atoms with Gasteiger partial charge < -0.3 is 14.7 Å². The van der Waals surface area contributed by atoms with Crippen molar-refractivity contribution in [2.24, 2.45) is 0 Å². The molecule has 0 aliphatic heterocycles. The van der Waals surface area contributed by atoms with Gasteiger partial charge in [0.15, 0.2) is 12.1 Å². The van der Waals surface area contributed by atoms with Crippen molar-refractivity contribution in [2.45, 2.75) is 60.2 Å². The van der Waals surface area contributed by atoms with Crippen molar-refractivity contribution < 1.29 is 14.6 Å². The molecule has 0 spiro atoms. The fraction of sp³-hybridized carbons (Fsp3) is 0.345. The summed E-state index contributed by atoms with van der Waals surface area (Å²) in [4.78, 5) is 31.2. The summed E-state index contributed by atoms with van der Waals surface area (Å²) in [5, 5.41) is 10.3. The predicted molar refractivity (Wildman–Crippen MR) is 149 cm³/mol. The molecular weight excluding hydrogens is 502 g/mol. The Morgan fingerprint density at radius 1 is 1.16 bits per heavy atom. The van der Waals surface area contributed by atoms with Gasteiger partial charge in [0, 0.05) is 43.1 Å². The standard InChI is InChI=1S/C29H34ClN5O3/c1-8-21-11-18(2)14-32-25(21)17-38-27(22(30)16-36)12-20(4)35(7)26-13-24(33-15-19(26)3)23-9-10-31-28(34-23)29(5,6)37/h9-16,37H,8,17H2,1-7H3/b20-12-,27-22-. The van der Waals surface area contributed by atoms with Crippen molar-refractivity contribution in [3.63, 3.8) is 0 Å². The number of pyridine rings is 2. The molecule has 0 aliphatic rings. The number of carbonyl (C=O) groups is 1. The molecule has 0 bridgehead atoms. The molecule has 0 aliphatic carbocycles. The summed E-state index contributed by atoms with van der Waals surface area (Å²) in [5.41, 5.74) is 5.62. The highest BCUT2D eigenvalue weighted by atomic mass is 35.5. The van der Waals surface area contributed by atoms with Gasteiger partial charge in [0.1, 0.15) is 23.0 Å². The third-order valence-electron chi connectivity index (χ3n) is 6.05. The van der Waals surface area contributed by atoms with E-state index in [1.807, 2.05) is 38.8 Å². The Morgan fingerprint density at radius 3 is 2.55 bits per heavy atom. The number of aldehydes is 1. The molecule has 1 N–H and O–H groups in total. The summed E-state index contributed by atoms with van der Waals surface area (Å²) in [7, 11) is 1.91. The Kier molecular flexibility index (Phi) is 9.36. The molecule has 0 radical (unpaired) electrons. The molecule has 0 atom stereocenters. The van der Waals surface area contributed by atoms with Gasteiger partial charge in [0.25, 0.3) is 0 Å². The van der Waals surface area contributed by atoms with Crippen LogP contribution >= 0.6 is 11.6 Å². The zero-order valence-corrected chi connectivity index (χ0v) is 23.7. The highest BCUT2D eigenvalue weighted by Crippen LogP contribution is 2.28. The number of ether oxygens (including phenoxy) is 1. The van der Waals surface area contributed by atoms with E-state index in [1.54, 1.807) is 44.6 Å². The van der Waals surface area contributed by atoms with Crippen LogP contribution in [-0.4, -0.2) is 38.4 Å². The molecule has 0 saturated carbocycles. The van der Waals surface area contributed by atoms with Crippen LogP contribution in [0.3, 0.4) is 0 Å². The normalized spacial score (nSPS) is 12.7. The molecule has 0 amide bonds. The minimum atomic E-state index is -1.17. The molecule has 0 unspecified atom stereocenters. The Bertz CT molecular complexity index is 1380. The minimum absolute atomic E-state index is 0.0322. The molecule has 3 rings (SSSR count). The van der Waals surface area contributed by atoms with Crippen LogP contribution in [0.4, 0.5) is 5.69 Å². The lowest BCUT2D eigenvalue weighted by Crippen LogP contribution is -2.20. The molecule has 3 aromatic rings. The summed E-state index contributed by atoms with van der Waals surface area (Å²) in [6.45, 7) is 11.4. The maximum atomic E-state index is 11.5. The van der Waals surface area contributed by atoms with Crippen molar-refractivity contribution in [1.82, 2.24) is 19.9 Å². The molecule has 3 aromatic heterocycles. The molecule has 8 nitrogen and oxygen atoms in total. The van der Waals surface area contributed by atoms with Crippen LogP contribution in [0.2, 0.25) is 0 Å². The predicted octanol–water partition coefficient (Wildman–Crippen LogP) is 5.55. The Labute approximate surface area is 229 Å². The molecule has 3 heterocycles. The highest BCUT2D eigenvalue weighted by molar-refractivity contribution is 6.39. The van der Waals surface area contributed by atoms with Crippen molar-refractivity contribution in [3.8, 4) is 11.4 Å². The van der Waals surface area contributed by atoms with Crippen LogP contribution in [0.25, 0.3) is 11.4 Å². The second-order valence-corrected chi connectivity index (χ2v) is 10.0. The Hall–Kier alpha value is -3.62. The number of aliphatic hydroxyl groups is 1. The van der Waals surface area contributed by atoms with Gasteiger partial charge in [-0.15, -0.1) is 0 Å². The number of anilines is 1. The van der Waals surface area contributed by atoms with Crippen LogP contribution in [0, 0.1) is 13.8 Å². The molecule has 38 heavy (non-hydrogen) atoms. The van der Waals surface area contributed by atoms with Crippen molar-refractivity contribution in [2.75, 3.05) is 11.9 Å². The number of nitrogens with zero attached hydrogens (tertiary/aromatic N) is 5. The largest absolute Gasteiger partial charge is 0.486 e. The maximum Gasteiger partial charge on any atom is 0.165 e. The van der Waals surface area contributed by atoms with Crippen molar-refractivity contribution in [3.05, 3.63) is 87.6 Å². The van der Waals surface area contributed by atoms with Crippen LogP contribution in [-0.2, 0) is 28.2 Å². The number of allylic oxidation sites excluding steroid dienone is 3. The van der Waals surface area contributed by atoms with Gasteiger partial charge in [-0.05, 0) is 69.9 Å². The van der Waals surface area contributed by atoms with E-state index in [9.17, 15) is 9.90 Å². The maximum absolute atomic E-state index is 11.5. The van der Waals surface area contributed by atoms with Crippen molar-refractivity contribution in [1.29, 1.82) is 0 Å². The van der Waals surface area contributed by atoms with Gasteiger partial charge >= 0.3 is 0 Å². The van der Waals surface area contributed by atoms with E-state index in [0.717, 1.165) is 40.2 Å². The van der Waals surface area contributed by atoms with Gasteiger partial charge in [0.2, 0.25) is 0 Å². The van der Waals surface area contributed by atoms with Gasteiger partial charge in [-0.25, -0.2) is 9.97 Å². The topological polar surface area (TPSA) is 101 Å². The number of aryl methyl sites for hydroxylation is 3. The van der Waals surface area contributed by atoms with Gasteiger partial charge in [-0.2, -0.15) is 0 Å². The van der Waals surface area contributed by atoms with E-state index in [0.29, 0.717) is 23.5 Å². The van der Waals surface area contributed by atoms with E-state index in [4.69, 9.17) is 16.3 Å². The van der Waals surface area contributed by atoms with E-state index in [1.165, 1.54) is 0 Å². The zero-order valence-electron chi connectivity index (χ0n) is 22.9. The number of halogens is 1. The molecule has 0 fully saturated rings. The van der Waals surface area contributed by atoms with Crippen LogP contribution in [0.5, 0.6) is 0 Å². The van der Waals surface area contributed by atoms with Crippen LogP contribution < -0.4 is 4.90 Å². The first-order valence-electron chi connectivity index (χ1n) is 12.3. The average molecular weight is 536 g/mol. The van der Waals surface area contributed by atoms with Crippen molar-refractivity contribution >= 4 is 23.6 Å². The molecular formula is C29H34ClN5O3. The summed E-state index contributed by atoms with van der Waals surface area (Å²) < 4.78 is 5.99. The molecule has 0 saturated heterocycles. The van der Waals surface area contributed by atoms with E-state index < -0.39 is 5.60 Å². The quantitative estimate of drug-likeness (QED) is 0.156. The molecule has 9 heteroatoms. The van der Waals surface area contributed by atoms with E-state index in [2.05, 4.69) is 32.9 Å². The second-order valence-electron chi connectivity index (χ2n) is 9.62. The van der Waals surface area contributed by atoms with E-state index in [-0.39, 0.29) is 17.4 Å². The zero-order chi connectivity index (χ0) is 28.0.